The summed E-state index contributed by atoms with van der Waals surface area (Å²) >= 11 is 0. The molecule has 0 unspecified atom stereocenters. The van der Waals surface area contributed by atoms with Crippen LogP contribution in [-0.2, 0) is 0 Å². The van der Waals surface area contributed by atoms with Crippen molar-refractivity contribution in [2.75, 3.05) is 0 Å². The van der Waals surface area contributed by atoms with Gasteiger partial charge in [0.15, 0.2) is 0 Å². The van der Waals surface area contributed by atoms with Crippen molar-refractivity contribution in [3.63, 3.8) is 0 Å². The fourth-order valence-corrected chi connectivity index (χ4v) is 4.55. The van der Waals surface area contributed by atoms with Crippen LogP contribution in [-0.4, -0.2) is 10.7 Å². The monoisotopic (exact) mass is 264 g/mol. The Balaban J connectivity index is 1.94. The highest BCUT2D eigenvalue weighted by atomic mass is 16.3. The summed E-state index contributed by atoms with van der Waals surface area (Å²) in [4.78, 5) is 0. The molecule has 2 saturated carbocycles. The van der Waals surface area contributed by atoms with Gasteiger partial charge in [0, 0.05) is 0 Å². The molecule has 0 amide bonds. The van der Waals surface area contributed by atoms with E-state index in [-0.39, 0.29) is 0 Å². The number of aliphatic hydroxyl groups is 1. The van der Waals surface area contributed by atoms with Crippen LogP contribution in [0.4, 0.5) is 0 Å². The fourth-order valence-electron chi connectivity index (χ4n) is 4.55. The molecule has 1 nitrogen and oxygen atoms in total. The number of allylic oxidation sites excluding steroid dienone is 2. The molecule has 19 heavy (non-hydrogen) atoms. The SMILES string of the molecule is C[C@H]1CCC[C@]2(C)/C(=C\CCCC(C)(C)O)CC[C@@H]12. The van der Waals surface area contributed by atoms with Crippen LogP contribution >= 0.6 is 0 Å². The third-order valence-electron chi connectivity index (χ3n) is 5.70. The van der Waals surface area contributed by atoms with E-state index in [1.165, 1.54) is 32.1 Å². The summed E-state index contributed by atoms with van der Waals surface area (Å²) in [6, 6.07) is 0. The normalized spacial score (nSPS) is 37.6. The summed E-state index contributed by atoms with van der Waals surface area (Å²) in [6.07, 6.45) is 12.7. The first-order chi connectivity index (χ1) is 8.83. The van der Waals surface area contributed by atoms with Crippen molar-refractivity contribution in [1.29, 1.82) is 0 Å². The highest BCUT2D eigenvalue weighted by Gasteiger charge is 2.46. The number of hydrogen-bond acceptors (Lipinski definition) is 1. The first-order valence-electron chi connectivity index (χ1n) is 8.25. The molecule has 3 atom stereocenters. The van der Waals surface area contributed by atoms with Gasteiger partial charge in [-0.2, -0.15) is 0 Å². The zero-order chi connectivity index (χ0) is 14.1. The van der Waals surface area contributed by atoms with Crippen LogP contribution in [0.15, 0.2) is 11.6 Å². The summed E-state index contributed by atoms with van der Waals surface area (Å²) < 4.78 is 0. The van der Waals surface area contributed by atoms with Crippen LogP contribution in [0, 0.1) is 17.3 Å². The molecule has 2 rings (SSSR count). The first-order valence-corrected chi connectivity index (χ1v) is 8.25. The molecule has 2 fully saturated rings. The van der Waals surface area contributed by atoms with E-state index in [0.717, 1.165) is 31.1 Å². The van der Waals surface area contributed by atoms with Crippen LogP contribution in [0.1, 0.15) is 79.1 Å². The molecule has 0 aromatic heterocycles. The highest BCUT2D eigenvalue weighted by molar-refractivity contribution is 5.22. The van der Waals surface area contributed by atoms with Crippen LogP contribution in [0.3, 0.4) is 0 Å². The molecule has 1 N–H and O–H groups in total. The summed E-state index contributed by atoms with van der Waals surface area (Å²) in [5.74, 6) is 1.85. The topological polar surface area (TPSA) is 20.2 Å². The molecule has 1 heteroatoms. The van der Waals surface area contributed by atoms with Crippen LogP contribution in [0.5, 0.6) is 0 Å². The van der Waals surface area contributed by atoms with Crippen molar-refractivity contribution in [1.82, 2.24) is 0 Å². The van der Waals surface area contributed by atoms with Crippen molar-refractivity contribution in [3.8, 4) is 0 Å². The van der Waals surface area contributed by atoms with Crippen LogP contribution in [0.25, 0.3) is 0 Å². The minimum atomic E-state index is -0.500. The minimum absolute atomic E-state index is 0.500. The van der Waals surface area contributed by atoms with Crippen LogP contribution in [0.2, 0.25) is 0 Å². The minimum Gasteiger partial charge on any atom is -0.390 e. The van der Waals surface area contributed by atoms with E-state index in [2.05, 4.69) is 19.9 Å². The molecule has 2 aliphatic carbocycles. The highest BCUT2D eigenvalue weighted by Crippen LogP contribution is 2.57. The number of unbranched alkanes of at least 4 members (excludes halogenated alkanes) is 1. The molecule has 0 aliphatic heterocycles. The molecular formula is C18H32O. The second-order valence-electron chi connectivity index (χ2n) is 7.87. The van der Waals surface area contributed by atoms with E-state index in [9.17, 15) is 5.11 Å². The van der Waals surface area contributed by atoms with Crippen molar-refractivity contribution >= 4 is 0 Å². The average molecular weight is 264 g/mol. The zero-order valence-electron chi connectivity index (χ0n) is 13.3. The second kappa shape index (κ2) is 5.60. The standard InChI is InChI=1S/C18H32O/c1-14-8-7-13-18(4)15(10-11-16(14)18)9-5-6-12-17(2,3)19/h9,14,16,19H,5-8,10-13H2,1-4H3/b15-9-/t14-,16-,18+/m0/s1. The maximum Gasteiger partial charge on any atom is 0.0591 e. The molecule has 2 aliphatic rings. The van der Waals surface area contributed by atoms with Gasteiger partial charge in [-0.25, -0.2) is 0 Å². The Morgan fingerprint density at radius 3 is 2.79 bits per heavy atom. The summed E-state index contributed by atoms with van der Waals surface area (Å²) in [7, 11) is 0. The Kier molecular flexibility index (Phi) is 4.45. The van der Waals surface area contributed by atoms with Gasteiger partial charge in [-0.05, 0) is 69.6 Å². The first kappa shape index (κ1) is 15.1. The Labute approximate surface area is 119 Å². The zero-order valence-corrected chi connectivity index (χ0v) is 13.3. The second-order valence-corrected chi connectivity index (χ2v) is 7.87. The summed E-state index contributed by atoms with van der Waals surface area (Å²) in [5, 5.41) is 9.76. The summed E-state index contributed by atoms with van der Waals surface area (Å²) in [6.45, 7) is 8.80. The van der Waals surface area contributed by atoms with E-state index < -0.39 is 5.60 Å². The largest absolute Gasteiger partial charge is 0.390 e. The molecule has 0 heterocycles. The lowest BCUT2D eigenvalue weighted by atomic mass is 9.63. The number of fused-ring (bicyclic) bond motifs is 1. The van der Waals surface area contributed by atoms with Crippen molar-refractivity contribution in [3.05, 3.63) is 11.6 Å². The molecule has 0 saturated heterocycles. The Morgan fingerprint density at radius 2 is 2.11 bits per heavy atom. The van der Waals surface area contributed by atoms with Gasteiger partial charge < -0.3 is 5.11 Å². The van der Waals surface area contributed by atoms with Gasteiger partial charge in [-0.1, -0.05) is 38.3 Å². The lowest BCUT2D eigenvalue weighted by molar-refractivity contribution is 0.0690. The van der Waals surface area contributed by atoms with E-state index in [0.29, 0.717) is 5.41 Å². The molecule has 0 bridgehead atoms. The fraction of sp³-hybridized carbons (Fsp3) is 0.889. The maximum atomic E-state index is 9.76. The van der Waals surface area contributed by atoms with Gasteiger partial charge in [-0.3, -0.25) is 0 Å². The quantitative estimate of drug-likeness (QED) is 0.554. The van der Waals surface area contributed by atoms with Crippen molar-refractivity contribution < 1.29 is 5.11 Å². The maximum absolute atomic E-state index is 9.76. The van der Waals surface area contributed by atoms with Crippen molar-refractivity contribution in [2.45, 2.75) is 84.7 Å². The van der Waals surface area contributed by atoms with Gasteiger partial charge in [0.2, 0.25) is 0 Å². The lowest BCUT2D eigenvalue weighted by Gasteiger charge is -2.41. The average Bonchev–Trinajstić information content (AvgIpc) is 2.62. The van der Waals surface area contributed by atoms with Crippen LogP contribution < -0.4 is 0 Å². The third kappa shape index (κ3) is 3.42. The number of hydrogen-bond donors (Lipinski definition) is 1. The molecule has 0 spiro atoms. The molecule has 110 valence electrons. The molecular weight excluding hydrogens is 232 g/mol. The van der Waals surface area contributed by atoms with Gasteiger partial charge in [-0.15, -0.1) is 0 Å². The van der Waals surface area contributed by atoms with Crippen molar-refractivity contribution in [2.24, 2.45) is 17.3 Å². The third-order valence-corrected chi connectivity index (χ3v) is 5.70. The predicted octanol–water partition coefficient (Wildman–Crippen LogP) is 5.09. The number of rotatable bonds is 4. The Morgan fingerprint density at radius 1 is 1.37 bits per heavy atom. The van der Waals surface area contributed by atoms with E-state index >= 15 is 0 Å². The van der Waals surface area contributed by atoms with Gasteiger partial charge >= 0.3 is 0 Å². The summed E-state index contributed by atoms with van der Waals surface area (Å²) in [5.41, 5.74) is 1.74. The van der Waals surface area contributed by atoms with E-state index in [1.807, 2.05) is 13.8 Å². The van der Waals surface area contributed by atoms with Gasteiger partial charge in [0.05, 0.1) is 5.60 Å². The van der Waals surface area contributed by atoms with E-state index in [4.69, 9.17) is 0 Å². The van der Waals surface area contributed by atoms with Gasteiger partial charge in [0.25, 0.3) is 0 Å². The molecule has 0 radical (unpaired) electrons. The Bertz CT molecular complexity index is 336. The predicted molar refractivity (Wildman–Crippen MR) is 82.1 cm³/mol. The Hall–Kier alpha value is -0.300. The van der Waals surface area contributed by atoms with E-state index in [1.54, 1.807) is 5.57 Å². The smallest absolute Gasteiger partial charge is 0.0591 e. The molecule has 0 aromatic rings. The van der Waals surface area contributed by atoms with Gasteiger partial charge in [0.1, 0.15) is 0 Å². The lowest BCUT2D eigenvalue weighted by Crippen LogP contribution is -2.32. The molecule has 0 aromatic carbocycles.